The summed E-state index contributed by atoms with van der Waals surface area (Å²) in [5.74, 6) is 0.358. The highest BCUT2D eigenvalue weighted by Crippen LogP contribution is 2.28. The second-order valence-corrected chi connectivity index (χ2v) is 7.09. The number of amides is 2. The fraction of sp³-hybridized carbons (Fsp3) is 0.882. The Bertz CT molecular complexity index is 399. The zero-order valence-corrected chi connectivity index (χ0v) is 14.0. The number of hydrogen-bond acceptors (Lipinski definition) is 3. The maximum Gasteiger partial charge on any atom is 0.225 e. The van der Waals surface area contributed by atoms with Crippen LogP contribution in [0.5, 0.6) is 0 Å². The summed E-state index contributed by atoms with van der Waals surface area (Å²) in [5.41, 5.74) is 5.92. The van der Waals surface area contributed by atoms with Gasteiger partial charge in [0.2, 0.25) is 11.8 Å². The van der Waals surface area contributed by atoms with E-state index in [0.717, 1.165) is 51.5 Å². The predicted molar refractivity (Wildman–Crippen MR) is 87.1 cm³/mol. The number of nitrogens with zero attached hydrogens (tertiary/aromatic N) is 1. The first-order valence-corrected chi connectivity index (χ1v) is 8.86. The molecule has 2 rings (SSSR count). The van der Waals surface area contributed by atoms with E-state index in [1.54, 1.807) is 0 Å². The monoisotopic (exact) mass is 309 g/mol. The van der Waals surface area contributed by atoms with E-state index in [2.05, 4.69) is 12.2 Å². The van der Waals surface area contributed by atoms with E-state index in [-0.39, 0.29) is 35.7 Å². The molecule has 1 aliphatic heterocycles. The van der Waals surface area contributed by atoms with Gasteiger partial charge in [0.15, 0.2) is 0 Å². The number of carbonyl (C=O) groups is 2. The lowest BCUT2D eigenvalue weighted by molar-refractivity contribution is -0.139. The van der Waals surface area contributed by atoms with Crippen molar-refractivity contribution < 1.29 is 9.59 Å². The summed E-state index contributed by atoms with van der Waals surface area (Å²) in [5, 5.41) is 3.09. The molecule has 0 radical (unpaired) electrons. The minimum Gasteiger partial charge on any atom is -0.353 e. The van der Waals surface area contributed by atoms with Crippen molar-refractivity contribution in [1.82, 2.24) is 10.2 Å². The predicted octanol–water partition coefficient (Wildman–Crippen LogP) is 1.66. The fourth-order valence-corrected chi connectivity index (χ4v) is 3.76. The van der Waals surface area contributed by atoms with E-state index < -0.39 is 0 Å². The van der Waals surface area contributed by atoms with E-state index >= 15 is 0 Å². The van der Waals surface area contributed by atoms with Gasteiger partial charge in [-0.25, -0.2) is 0 Å². The van der Waals surface area contributed by atoms with E-state index in [9.17, 15) is 9.59 Å². The Kier molecular flexibility index (Phi) is 6.24. The van der Waals surface area contributed by atoms with Crippen LogP contribution in [-0.2, 0) is 9.59 Å². The number of carbonyl (C=O) groups excluding carboxylic acids is 2. The van der Waals surface area contributed by atoms with Crippen LogP contribution in [0.1, 0.15) is 58.8 Å². The molecule has 1 aliphatic carbocycles. The molecule has 22 heavy (non-hydrogen) atoms. The number of nitrogens with one attached hydrogen (secondary N) is 1. The molecule has 4 unspecified atom stereocenters. The fourth-order valence-electron chi connectivity index (χ4n) is 3.76. The van der Waals surface area contributed by atoms with Gasteiger partial charge in [0, 0.05) is 31.1 Å². The van der Waals surface area contributed by atoms with Crippen LogP contribution in [0.2, 0.25) is 0 Å². The van der Waals surface area contributed by atoms with Crippen molar-refractivity contribution in [3.63, 3.8) is 0 Å². The van der Waals surface area contributed by atoms with Crippen LogP contribution in [0, 0.1) is 11.8 Å². The van der Waals surface area contributed by atoms with Crippen LogP contribution in [0.3, 0.4) is 0 Å². The second-order valence-electron chi connectivity index (χ2n) is 7.09. The van der Waals surface area contributed by atoms with Gasteiger partial charge in [0.1, 0.15) is 0 Å². The maximum absolute atomic E-state index is 12.6. The van der Waals surface area contributed by atoms with Gasteiger partial charge in [-0.15, -0.1) is 0 Å². The first kappa shape index (κ1) is 17.3. The molecule has 2 fully saturated rings. The van der Waals surface area contributed by atoms with Gasteiger partial charge in [-0.2, -0.15) is 0 Å². The van der Waals surface area contributed by atoms with Crippen LogP contribution in [0.25, 0.3) is 0 Å². The Labute approximate surface area is 134 Å². The minimum absolute atomic E-state index is 0.0490. The molecule has 0 bridgehead atoms. The molecule has 2 aliphatic rings. The lowest BCUT2D eigenvalue weighted by atomic mass is 9.95. The zero-order chi connectivity index (χ0) is 16.1. The lowest BCUT2D eigenvalue weighted by Gasteiger charge is -2.34. The Balaban J connectivity index is 1.85. The highest BCUT2D eigenvalue weighted by molar-refractivity contribution is 5.82. The normalized spacial score (nSPS) is 30.1. The van der Waals surface area contributed by atoms with Gasteiger partial charge in [-0.05, 0) is 45.4 Å². The first-order chi connectivity index (χ1) is 10.5. The van der Waals surface area contributed by atoms with Gasteiger partial charge >= 0.3 is 0 Å². The molecule has 0 aromatic carbocycles. The summed E-state index contributed by atoms with van der Waals surface area (Å²) < 4.78 is 0. The smallest absolute Gasteiger partial charge is 0.225 e. The average Bonchev–Trinajstić information content (AvgIpc) is 2.93. The van der Waals surface area contributed by atoms with Gasteiger partial charge in [-0.3, -0.25) is 9.59 Å². The largest absolute Gasteiger partial charge is 0.353 e. The van der Waals surface area contributed by atoms with Crippen LogP contribution >= 0.6 is 0 Å². The molecular formula is C17H31N3O2. The average molecular weight is 309 g/mol. The summed E-state index contributed by atoms with van der Waals surface area (Å²) in [4.78, 5) is 26.8. The van der Waals surface area contributed by atoms with Crippen molar-refractivity contribution in [3.8, 4) is 0 Å². The molecule has 5 nitrogen and oxygen atoms in total. The van der Waals surface area contributed by atoms with Crippen LogP contribution in [0.15, 0.2) is 0 Å². The summed E-state index contributed by atoms with van der Waals surface area (Å²) in [6.45, 7) is 5.54. The Morgan fingerprint density at radius 1 is 1.27 bits per heavy atom. The molecule has 126 valence electrons. The van der Waals surface area contributed by atoms with Crippen molar-refractivity contribution in [2.45, 2.75) is 70.9 Å². The summed E-state index contributed by atoms with van der Waals surface area (Å²) in [7, 11) is 0. The van der Waals surface area contributed by atoms with E-state index in [1.165, 1.54) is 0 Å². The van der Waals surface area contributed by atoms with Gasteiger partial charge in [-0.1, -0.05) is 13.3 Å². The van der Waals surface area contributed by atoms with Crippen molar-refractivity contribution in [1.29, 1.82) is 0 Å². The Morgan fingerprint density at radius 2 is 2.05 bits per heavy atom. The van der Waals surface area contributed by atoms with Gasteiger partial charge in [0.25, 0.3) is 0 Å². The molecule has 1 saturated carbocycles. The highest BCUT2D eigenvalue weighted by Gasteiger charge is 2.34. The number of piperidine rings is 1. The van der Waals surface area contributed by atoms with Crippen molar-refractivity contribution in [2.75, 3.05) is 13.1 Å². The molecule has 0 aromatic rings. The summed E-state index contributed by atoms with van der Waals surface area (Å²) >= 11 is 0. The number of likely N-dealkylation sites (tertiary alicyclic amines) is 1. The summed E-state index contributed by atoms with van der Waals surface area (Å²) in [6, 6.07) is 0.393. The van der Waals surface area contributed by atoms with Crippen molar-refractivity contribution in [2.24, 2.45) is 17.6 Å². The Morgan fingerprint density at radius 3 is 2.68 bits per heavy atom. The lowest BCUT2D eigenvalue weighted by Crippen LogP contribution is -2.48. The Hall–Kier alpha value is -1.10. The van der Waals surface area contributed by atoms with Crippen molar-refractivity contribution >= 4 is 11.8 Å². The number of nitrogens with two attached hydrogens (primary N) is 1. The van der Waals surface area contributed by atoms with Crippen LogP contribution in [0.4, 0.5) is 0 Å². The van der Waals surface area contributed by atoms with Crippen LogP contribution in [-0.4, -0.2) is 41.9 Å². The SMILES string of the molecule is CCCC(C)NC(=O)C1CCCN(C(=O)C2CCC(N)C2)C1. The number of hydrogen-bond donors (Lipinski definition) is 2. The van der Waals surface area contributed by atoms with Crippen LogP contribution < -0.4 is 11.1 Å². The maximum atomic E-state index is 12.6. The highest BCUT2D eigenvalue weighted by atomic mass is 16.2. The van der Waals surface area contributed by atoms with E-state index in [4.69, 9.17) is 5.73 Å². The molecular weight excluding hydrogens is 278 g/mol. The van der Waals surface area contributed by atoms with Crippen molar-refractivity contribution in [3.05, 3.63) is 0 Å². The standard InChI is InChI=1S/C17H31N3O2/c1-3-5-12(2)19-16(21)14-6-4-9-20(11-14)17(22)13-7-8-15(18)10-13/h12-15H,3-11,18H2,1-2H3,(H,19,21). The number of rotatable bonds is 5. The molecule has 5 heteroatoms. The second kappa shape index (κ2) is 7.95. The molecule has 0 spiro atoms. The molecule has 1 saturated heterocycles. The molecule has 2 amide bonds. The van der Waals surface area contributed by atoms with Gasteiger partial charge in [0.05, 0.1) is 5.92 Å². The third-order valence-corrected chi connectivity index (χ3v) is 5.04. The molecule has 4 atom stereocenters. The van der Waals surface area contributed by atoms with E-state index in [1.807, 2.05) is 11.8 Å². The topological polar surface area (TPSA) is 75.4 Å². The summed E-state index contributed by atoms with van der Waals surface area (Å²) in [6.07, 6.45) is 6.53. The third-order valence-electron chi connectivity index (χ3n) is 5.04. The minimum atomic E-state index is -0.0490. The van der Waals surface area contributed by atoms with E-state index in [0.29, 0.717) is 6.54 Å². The molecule has 0 aromatic heterocycles. The molecule has 1 heterocycles. The first-order valence-electron chi connectivity index (χ1n) is 8.86. The zero-order valence-electron chi connectivity index (χ0n) is 14.0. The third kappa shape index (κ3) is 4.45. The molecule has 3 N–H and O–H groups in total. The quantitative estimate of drug-likeness (QED) is 0.811. The van der Waals surface area contributed by atoms with Gasteiger partial charge < -0.3 is 16.0 Å².